The Bertz CT molecular complexity index is 413. The average Bonchev–Trinajstić information content (AvgIpc) is 2.74. The number of methoxy groups -OCH3 is 1. The van der Waals surface area contributed by atoms with Gasteiger partial charge in [-0.05, 0) is 6.42 Å². The fourth-order valence-electron chi connectivity index (χ4n) is 1.49. The van der Waals surface area contributed by atoms with E-state index in [1.165, 1.54) is 12.3 Å². The lowest BCUT2D eigenvalue weighted by molar-refractivity contribution is 0.190. The highest BCUT2D eigenvalue weighted by atomic mass is 32.2. The number of ether oxygens (including phenoxy) is 1. The Morgan fingerprint density at radius 2 is 2.47 bits per heavy atom. The molecule has 0 radical (unpaired) electrons. The first-order chi connectivity index (χ1) is 8.28. The third kappa shape index (κ3) is 3.67. The zero-order valence-electron chi connectivity index (χ0n) is 9.52. The standard InChI is InChI=1S/C11H14FN3OS/c1-16-3-2-9-7-17-11(14-9)15-10-4-8(12)5-13-6-10/h4-6,9H,2-3,7H2,1H3,(H,14,15). The predicted octanol–water partition coefficient (Wildman–Crippen LogP) is 2.14. The number of pyridine rings is 1. The van der Waals surface area contributed by atoms with E-state index in [9.17, 15) is 4.39 Å². The van der Waals surface area contributed by atoms with Gasteiger partial charge in [-0.3, -0.25) is 9.98 Å². The maximum atomic E-state index is 12.9. The second-order valence-electron chi connectivity index (χ2n) is 3.70. The van der Waals surface area contributed by atoms with Crippen molar-refractivity contribution >= 4 is 22.6 Å². The minimum absolute atomic E-state index is 0.281. The van der Waals surface area contributed by atoms with Crippen molar-refractivity contribution in [3.05, 3.63) is 24.3 Å². The topological polar surface area (TPSA) is 46.5 Å². The molecule has 92 valence electrons. The quantitative estimate of drug-likeness (QED) is 0.895. The first-order valence-electron chi connectivity index (χ1n) is 5.35. The summed E-state index contributed by atoms with van der Waals surface area (Å²) >= 11 is 1.63. The Kier molecular flexibility index (Phi) is 4.33. The molecular formula is C11H14FN3OS. The summed E-state index contributed by atoms with van der Waals surface area (Å²) < 4.78 is 17.9. The summed E-state index contributed by atoms with van der Waals surface area (Å²) in [6.07, 6.45) is 3.67. The second kappa shape index (κ2) is 5.97. The van der Waals surface area contributed by atoms with E-state index < -0.39 is 0 Å². The number of aliphatic imine (C=N–C) groups is 1. The summed E-state index contributed by atoms with van der Waals surface area (Å²) in [6.45, 7) is 0.712. The van der Waals surface area contributed by atoms with Gasteiger partial charge in [0.2, 0.25) is 0 Å². The van der Waals surface area contributed by atoms with Gasteiger partial charge in [-0.2, -0.15) is 0 Å². The zero-order valence-corrected chi connectivity index (χ0v) is 10.3. The van der Waals surface area contributed by atoms with Crippen molar-refractivity contribution in [3.8, 4) is 0 Å². The van der Waals surface area contributed by atoms with Gasteiger partial charge in [-0.15, -0.1) is 0 Å². The summed E-state index contributed by atoms with van der Waals surface area (Å²) in [5.41, 5.74) is 0.628. The fraction of sp³-hybridized carbons (Fsp3) is 0.455. The van der Waals surface area contributed by atoms with Crippen LogP contribution in [0, 0.1) is 5.82 Å². The number of hydrogen-bond acceptors (Lipinski definition) is 5. The maximum Gasteiger partial charge on any atom is 0.161 e. The zero-order chi connectivity index (χ0) is 12.1. The van der Waals surface area contributed by atoms with Gasteiger partial charge in [0.05, 0.1) is 24.1 Å². The number of thioether (sulfide) groups is 1. The molecule has 2 rings (SSSR count). The van der Waals surface area contributed by atoms with E-state index in [0.717, 1.165) is 17.3 Å². The van der Waals surface area contributed by atoms with E-state index in [2.05, 4.69) is 15.3 Å². The average molecular weight is 255 g/mol. The van der Waals surface area contributed by atoms with Gasteiger partial charge in [0.15, 0.2) is 5.17 Å². The van der Waals surface area contributed by atoms with Crippen molar-refractivity contribution in [3.63, 3.8) is 0 Å². The molecule has 1 atom stereocenters. The SMILES string of the molecule is COCCC1CSC(Nc2cncc(F)c2)=N1. The molecule has 0 aliphatic carbocycles. The van der Waals surface area contributed by atoms with Crippen molar-refractivity contribution in [1.82, 2.24) is 4.98 Å². The first-order valence-corrected chi connectivity index (χ1v) is 6.33. The minimum Gasteiger partial charge on any atom is -0.385 e. The van der Waals surface area contributed by atoms with Crippen LogP contribution in [0.4, 0.5) is 10.1 Å². The molecule has 0 amide bonds. The molecule has 1 unspecified atom stereocenters. The molecule has 0 bridgehead atoms. The van der Waals surface area contributed by atoms with E-state index in [1.54, 1.807) is 25.1 Å². The lowest BCUT2D eigenvalue weighted by Crippen LogP contribution is -2.08. The molecule has 0 saturated carbocycles. The van der Waals surface area contributed by atoms with Gasteiger partial charge < -0.3 is 10.1 Å². The van der Waals surface area contributed by atoms with Gasteiger partial charge in [0, 0.05) is 25.5 Å². The van der Waals surface area contributed by atoms with Crippen molar-refractivity contribution in [2.75, 3.05) is 24.8 Å². The Morgan fingerprint density at radius 3 is 3.24 bits per heavy atom. The number of aromatic nitrogens is 1. The lowest BCUT2D eigenvalue weighted by Gasteiger charge is -2.04. The number of amidine groups is 1. The van der Waals surface area contributed by atoms with Crippen LogP contribution >= 0.6 is 11.8 Å². The predicted molar refractivity (Wildman–Crippen MR) is 68.0 cm³/mol. The minimum atomic E-state index is -0.352. The van der Waals surface area contributed by atoms with Crippen LogP contribution in [0.3, 0.4) is 0 Å². The Labute approximate surface area is 104 Å². The molecule has 0 fully saturated rings. The van der Waals surface area contributed by atoms with Crippen molar-refractivity contribution in [2.24, 2.45) is 4.99 Å². The van der Waals surface area contributed by atoms with Gasteiger partial charge >= 0.3 is 0 Å². The van der Waals surface area contributed by atoms with Crippen molar-refractivity contribution < 1.29 is 9.13 Å². The number of anilines is 1. The number of rotatable bonds is 4. The molecular weight excluding hydrogens is 241 g/mol. The second-order valence-corrected chi connectivity index (χ2v) is 4.71. The van der Waals surface area contributed by atoms with E-state index in [1.807, 2.05) is 0 Å². The Balaban J connectivity index is 1.91. The first kappa shape index (κ1) is 12.3. The molecule has 2 heterocycles. The third-order valence-corrected chi connectivity index (χ3v) is 3.36. The molecule has 1 N–H and O–H groups in total. The summed E-state index contributed by atoms with van der Waals surface area (Å²) in [4.78, 5) is 8.26. The fourth-order valence-corrected chi connectivity index (χ4v) is 2.49. The molecule has 0 saturated heterocycles. The van der Waals surface area contributed by atoms with Gasteiger partial charge in [-0.1, -0.05) is 11.8 Å². The summed E-state index contributed by atoms with van der Waals surface area (Å²) in [5.74, 6) is 0.587. The van der Waals surface area contributed by atoms with Crippen LogP contribution in [0.25, 0.3) is 0 Å². The molecule has 1 aliphatic heterocycles. The number of nitrogens with zero attached hydrogens (tertiary/aromatic N) is 2. The molecule has 0 aromatic carbocycles. The highest BCUT2D eigenvalue weighted by Gasteiger charge is 2.18. The molecule has 0 spiro atoms. The van der Waals surface area contributed by atoms with Crippen LogP contribution in [0.2, 0.25) is 0 Å². The van der Waals surface area contributed by atoms with Gasteiger partial charge in [0.1, 0.15) is 5.82 Å². The van der Waals surface area contributed by atoms with E-state index >= 15 is 0 Å². The molecule has 1 aromatic heterocycles. The Hall–Kier alpha value is -1.14. The normalized spacial score (nSPS) is 19.2. The Morgan fingerprint density at radius 1 is 1.59 bits per heavy atom. The third-order valence-electron chi connectivity index (χ3n) is 2.32. The number of hydrogen-bond donors (Lipinski definition) is 1. The van der Waals surface area contributed by atoms with E-state index in [0.29, 0.717) is 12.3 Å². The molecule has 1 aromatic rings. The molecule has 17 heavy (non-hydrogen) atoms. The van der Waals surface area contributed by atoms with Crippen LogP contribution in [0.5, 0.6) is 0 Å². The van der Waals surface area contributed by atoms with Gasteiger partial charge in [-0.25, -0.2) is 4.39 Å². The van der Waals surface area contributed by atoms with Crippen molar-refractivity contribution in [1.29, 1.82) is 0 Å². The van der Waals surface area contributed by atoms with Crippen molar-refractivity contribution in [2.45, 2.75) is 12.5 Å². The highest BCUT2D eigenvalue weighted by Crippen LogP contribution is 2.21. The van der Waals surface area contributed by atoms with Crippen LogP contribution in [-0.4, -0.2) is 35.7 Å². The van der Waals surface area contributed by atoms with E-state index in [4.69, 9.17) is 4.74 Å². The lowest BCUT2D eigenvalue weighted by atomic mass is 10.3. The van der Waals surface area contributed by atoms with Crippen LogP contribution in [0.1, 0.15) is 6.42 Å². The van der Waals surface area contributed by atoms with Crippen LogP contribution in [-0.2, 0) is 4.74 Å². The summed E-state index contributed by atoms with van der Waals surface area (Å²) in [7, 11) is 1.68. The monoisotopic (exact) mass is 255 g/mol. The molecule has 1 aliphatic rings. The van der Waals surface area contributed by atoms with Crippen LogP contribution < -0.4 is 5.32 Å². The molecule has 4 nitrogen and oxygen atoms in total. The van der Waals surface area contributed by atoms with Crippen LogP contribution in [0.15, 0.2) is 23.5 Å². The highest BCUT2D eigenvalue weighted by molar-refractivity contribution is 8.14. The summed E-state index contributed by atoms with van der Waals surface area (Å²) in [6, 6.07) is 1.68. The maximum absolute atomic E-state index is 12.9. The van der Waals surface area contributed by atoms with Gasteiger partial charge in [0.25, 0.3) is 0 Å². The smallest absolute Gasteiger partial charge is 0.161 e. The largest absolute Gasteiger partial charge is 0.385 e. The number of nitrogens with one attached hydrogen (secondary N) is 1. The summed E-state index contributed by atoms with van der Waals surface area (Å²) in [5, 5.41) is 3.88. The van der Waals surface area contributed by atoms with E-state index in [-0.39, 0.29) is 11.9 Å². The molecule has 6 heteroatoms. The number of halogens is 1.